The molecule has 0 spiro atoms. The molecule has 1 fully saturated rings. The summed E-state index contributed by atoms with van der Waals surface area (Å²) in [4.78, 5) is 11.9. The average molecular weight is 291 g/mol. The molecule has 4 nitrogen and oxygen atoms in total. The molecule has 1 aliphatic heterocycles. The van der Waals surface area contributed by atoms with Crippen LogP contribution >= 0.6 is 24.0 Å². The van der Waals surface area contributed by atoms with Crippen molar-refractivity contribution >= 4 is 35.6 Å². The van der Waals surface area contributed by atoms with Crippen molar-refractivity contribution in [1.82, 2.24) is 5.32 Å². The van der Waals surface area contributed by atoms with Gasteiger partial charge in [0.25, 0.3) is 0 Å². The minimum absolute atomic E-state index is 0. The molecule has 18 heavy (non-hydrogen) atoms. The number of hydrogen-bond acceptors (Lipinski definition) is 3. The molecule has 1 aliphatic rings. The van der Waals surface area contributed by atoms with Crippen molar-refractivity contribution in [2.24, 2.45) is 5.92 Å². The van der Waals surface area contributed by atoms with Gasteiger partial charge in [-0.1, -0.05) is 11.6 Å². The summed E-state index contributed by atoms with van der Waals surface area (Å²) in [6, 6.07) is 5.17. The summed E-state index contributed by atoms with van der Waals surface area (Å²) in [5, 5.41) is 6.59. The first-order valence-electron chi connectivity index (χ1n) is 5.56. The molecule has 1 saturated heterocycles. The van der Waals surface area contributed by atoms with E-state index in [9.17, 15) is 4.79 Å². The van der Waals surface area contributed by atoms with E-state index in [1.54, 1.807) is 25.3 Å². The average Bonchev–Trinajstić information content (AvgIpc) is 2.83. The van der Waals surface area contributed by atoms with Gasteiger partial charge in [0.1, 0.15) is 5.75 Å². The fourth-order valence-electron chi connectivity index (χ4n) is 1.89. The monoisotopic (exact) mass is 290 g/mol. The Kier molecular flexibility index (Phi) is 5.72. The third-order valence-electron chi connectivity index (χ3n) is 2.85. The summed E-state index contributed by atoms with van der Waals surface area (Å²) in [5.74, 6) is 0.656. The van der Waals surface area contributed by atoms with Gasteiger partial charge >= 0.3 is 0 Å². The van der Waals surface area contributed by atoms with E-state index in [4.69, 9.17) is 16.3 Å². The minimum Gasteiger partial charge on any atom is -0.495 e. The van der Waals surface area contributed by atoms with Gasteiger partial charge in [-0.2, -0.15) is 0 Å². The van der Waals surface area contributed by atoms with Crippen molar-refractivity contribution in [3.05, 3.63) is 23.2 Å². The number of methoxy groups -OCH3 is 1. The molecule has 0 saturated carbocycles. The van der Waals surface area contributed by atoms with E-state index < -0.39 is 0 Å². The molecule has 6 heteroatoms. The highest BCUT2D eigenvalue weighted by Gasteiger charge is 2.23. The zero-order valence-electron chi connectivity index (χ0n) is 10.0. The molecule has 1 atom stereocenters. The Morgan fingerprint density at radius 3 is 2.94 bits per heavy atom. The van der Waals surface area contributed by atoms with Crippen molar-refractivity contribution < 1.29 is 9.53 Å². The van der Waals surface area contributed by atoms with Crippen LogP contribution < -0.4 is 15.4 Å². The quantitative estimate of drug-likeness (QED) is 0.898. The number of anilines is 1. The molecule has 1 aromatic carbocycles. The van der Waals surface area contributed by atoms with Gasteiger partial charge in [-0.15, -0.1) is 12.4 Å². The van der Waals surface area contributed by atoms with Crippen LogP contribution in [0.4, 0.5) is 5.69 Å². The zero-order chi connectivity index (χ0) is 12.3. The number of benzene rings is 1. The molecule has 1 unspecified atom stereocenters. The van der Waals surface area contributed by atoms with Crippen LogP contribution in [0, 0.1) is 5.92 Å². The first kappa shape index (κ1) is 15.1. The molecule has 0 bridgehead atoms. The third kappa shape index (κ3) is 3.51. The zero-order valence-corrected chi connectivity index (χ0v) is 11.6. The molecule has 1 amide bonds. The predicted molar refractivity (Wildman–Crippen MR) is 74.9 cm³/mol. The molecular weight excluding hydrogens is 275 g/mol. The second-order valence-corrected chi connectivity index (χ2v) is 4.46. The van der Waals surface area contributed by atoms with E-state index >= 15 is 0 Å². The highest BCUT2D eigenvalue weighted by atomic mass is 35.5. The Bertz CT molecular complexity index is 421. The van der Waals surface area contributed by atoms with Crippen molar-refractivity contribution in [3.63, 3.8) is 0 Å². The maximum absolute atomic E-state index is 11.9. The Hall–Kier alpha value is -0.970. The Labute approximate surface area is 117 Å². The van der Waals surface area contributed by atoms with Crippen LogP contribution in [-0.2, 0) is 4.79 Å². The number of hydrogen-bond donors (Lipinski definition) is 2. The van der Waals surface area contributed by atoms with Gasteiger partial charge in [0.15, 0.2) is 0 Å². The van der Waals surface area contributed by atoms with Crippen LogP contribution in [-0.4, -0.2) is 26.1 Å². The maximum atomic E-state index is 11.9. The lowest BCUT2D eigenvalue weighted by Crippen LogP contribution is -2.24. The van der Waals surface area contributed by atoms with Gasteiger partial charge < -0.3 is 15.4 Å². The second-order valence-electron chi connectivity index (χ2n) is 4.02. The van der Waals surface area contributed by atoms with Gasteiger partial charge in [-0.3, -0.25) is 4.79 Å². The van der Waals surface area contributed by atoms with E-state index in [0.29, 0.717) is 16.5 Å². The largest absolute Gasteiger partial charge is 0.495 e. The van der Waals surface area contributed by atoms with Crippen LogP contribution in [0.1, 0.15) is 6.42 Å². The number of carbonyl (C=O) groups excluding carboxylic acids is 1. The predicted octanol–water partition coefficient (Wildman–Crippen LogP) is 2.32. The van der Waals surface area contributed by atoms with Gasteiger partial charge in [0.05, 0.1) is 18.7 Å². The smallest absolute Gasteiger partial charge is 0.228 e. The molecular formula is C12H16Cl2N2O2. The first-order valence-corrected chi connectivity index (χ1v) is 5.93. The summed E-state index contributed by atoms with van der Waals surface area (Å²) in [5.41, 5.74) is 0.622. The number of ether oxygens (including phenoxy) is 1. The lowest BCUT2D eigenvalue weighted by atomic mass is 10.1. The van der Waals surface area contributed by atoms with Gasteiger partial charge in [-0.25, -0.2) is 0 Å². The van der Waals surface area contributed by atoms with E-state index in [1.165, 1.54) is 0 Å². The molecule has 1 heterocycles. The molecule has 2 rings (SSSR count). The van der Waals surface area contributed by atoms with E-state index in [-0.39, 0.29) is 24.2 Å². The Morgan fingerprint density at radius 1 is 1.56 bits per heavy atom. The Morgan fingerprint density at radius 2 is 2.33 bits per heavy atom. The molecule has 1 aromatic rings. The molecule has 0 aliphatic carbocycles. The highest BCUT2D eigenvalue weighted by Crippen LogP contribution is 2.28. The van der Waals surface area contributed by atoms with Crippen molar-refractivity contribution in [3.8, 4) is 5.75 Å². The second kappa shape index (κ2) is 6.83. The van der Waals surface area contributed by atoms with E-state index in [0.717, 1.165) is 19.5 Å². The molecule has 100 valence electrons. The topological polar surface area (TPSA) is 50.4 Å². The van der Waals surface area contributed by atoms with Gasteiger partial charge in [-0.05, 0) is 31.2 Å². The van der Waals surface area contributed by atoms with Gasteiger partial charge in [0, 0.05) is 11.6 Å². The van der Waals surface area contributed by atoms with Crippen LogP contribution in [0.25, 0.3) is 0 Å². The van der Waals surface area contributed by atoms with Gasteiger partial charge in [0.2, 0.25) is 5.91 Å². The lowest BCUT2D eigenvalue weighted by Gasteiger charge is -2.13. The van der Waals surface area contributed by atoms with E-state index in [1.807, 2.05) is 0 Å². The van der Waals surface area contributed by atoms with Crippen molar-refractivity contribution in [2.45, 2.75) is 6.42 Å². The van der Waals surface area contributed by atoms with Crippen LogP contribution in [0.3, 0.4) is 0 Å². The number of halogens is 2. The van der Waals surface area contributed by atoms with Crippen molar-refractivity contribution in [2.75, 3.05) is 25.5 Å². The summed E-state index contributed by atoms with van der Waals surface area (Å²) >= 11 is 5.90. The molecule has 2 N–H and O–H groups in total. The number of nitrogens with one attached hydrogen (secondary N) is 2. The molecule has 0 radical (unpaired) electrons. The standard InChI is InChI=1S/C12H15ClN2O2.ClH/c1-17-11-3-2-9(13)6-10(11)15-12(16)8-4-5-14-7-8;/h2-3,6,8,14H,4-5,7H2,1H3,(H,15,16);1H. The minimum atomic E-state index is 0. The normalized spacial score (nSPS) is 18.0. The summed E-state index contributed by atoms with van der Waals surface area (Å²) < 4.78 is 5.17. The fourth-order valence-corrected chi connectivity index (χ4v) is 2.06. The molecule has 0 aromatic heterocycles. The third-order valence-corrected chi connectivity index (χ3v) is 3.09. The number of rotatable bonds is 3. The summed E-state index contributed by atoms with van der Waals surface area (Å²) in [7, 11) is 1.57. The van der Waals surface area contributed by atoms with Crippen molar-refractivity contribution in [1.29, 1.82) is 0 Å². The van der Waals surface area contributed by atoms with Crippen LogP contribution in [0.15, 0.2) is 18.2 Å². The SMILES string of the molecule is COc1ccc(Cl)cc1NC(=O)C1CCNC1.Cl. The number of amides is 1. The summed E-state index contributed by atoms with van der Waals surface area (Å²) in [6.45, 7) is 1.62. The fraction of sp³-hybridized carbons (Fsp3) is 0.417. The van der Waals surface area contributed by atoms with E-state index in [2.05, 4.69) is 10.6 Å². The highest BCUT2D eigenvalue weighted by molar-refractivity contribution is 6.31. The van der Waals surface area contributed by atoms with Crippen LogP contribution in [0.5, 0.6) is 5.75 Å². The Balaban J connectivity index is 0.00000162. The first-order chi connectivity index (χ1) is 8.20. The van der Waals surface area contributed by atoms with Crippen LogP contribution in [0.2, 0.25) is 5.02 Å². The lowest BCUT2D eigenvalue weighted by molar-refractivity contribution is -0.119. The summed E-state index contributed by atoms with van der Waals surface area (Å²) in [6.07, 6.45) is 0.870. The maximum Gasteiger partial charge on any atom is 0.228 e. The number of carbonyl (C=O) groups is 1.